The van der Waals surface area contributed by atoms with Crippen LogP contribution in [0.25, 0.3) is 72.0 Å². The second-order valence-electron chi connectivity index (χ2n) is 14.0. The largest absolute Gasteiger partial charge is 0.456 e. The highest BCUT2D eigenvalue weighted by atomic mass is 16.5. The van der Waals surface area contributed by atoms with Gasteiger partial charge in [-0.2, -0.15) is 0 Å². The minimum Gasteiger partial charge on any atom is -0.456 e. The first-order valence-corrected chi connectivity index (χ1v) is 18.1. The second-order valence-corrected chi connectivity index (χ2v) is 14.0. The lowest BCUT2D eigenvalue weighted by Gasteiger charge is -2.29. The molecule has 0 amide bonds. The average Bonchev–Trinajstić information content (AvgIpc) is 3.47. The highest BCUT2D eigenvalue weighted by Gasteiger charge is 2.26. The standard InChI is InChI=1S/C50H33NO/c1-2-12-32(13-3-1)43-30-35-23-22-33(28-44(35)39-16-6-5-15-38(39)43)34-24-26-48-45(29-34)41-18-8-10-20-47(41)51(48)36-25-27-50-46(31-36)40-17-7-4-14-37(40)42-19-9-11-21-49(42)52-50/h1-29,31,43H,30H2. The van der Waals surface area contributed by atoms with Crippen molar-refractivity contribution in [1.29, 1.82) is 0 Å². The summed E-state index contributed by atoms with van der Waals surface area (Å²) in [6, 6.07) is 66.3. The monoisotopic (exact) mass is 663 g/mol. The molecule has 2 nitrogen and oxygen atoms in total. The van der Waals surface area contributed by atoms with E-state index >= 15 is 0 Å². The molecule has 0 bridgehead atoms. The van der Waals surface area contributed by atoms with Crippen LogP contribution in [0.15, 0.2) is 182 Å². The van der Waals surface area contributed by atoms with Crippen LogP contribution in [0, 0.1) is 0 Å². The zero-order chi connectivity index (χ0) is 34.2. The number of aromatic nitrogens is 1. The molecule has 1 aromatic heterocycles. The third-order valence-corrected chi connectivity index (χ3v) is 11.2. The summed E-state index contributed by atoms with van der Waals surface area (Å²) < 4.78 is 8.98. The Morgan fingerprint density at radius 2 is 1.08 bits per heavy atom. The highest BCUT2D eigenvalue weighted by molar-refractivity contribution is 6.10. The molecule has 1 unspecified atom stereocenters. The number of nitrogens with zero attached hydrogens (tertiary/aromatic N) is 1. The van der Waals surface area contributed by atoms with Crippen molar-refractivity contribution < 1.29 is 4.74 Å². The van der Waals surface area contributed by atoms with Crippen molar-refractivity contribution >= 4 is 21.8 Å². The minimum absolute atomic E-state index is 0.363. The van der Waals surface area contributed by atoms with Crippen molar-refractivity contribution in [3.8, 4) is 61.7 Å². The van der Waals surface area contributed by atoms with Gasteiger partial charge in [-0.15, -0.1) is 0 Å². The minimum atomic E-state index is 0.363. The van der Waals surface area contributed by atoms with E-state index in [0.29, 0.717) is 5.92 Å². The van der Waals surface area contributed by atoms with E-state index in [4.69, 9.17) is 4.74 Å². The van der Waals surface area contributed by atoms with Crippen molar-refractivity contribution in [2.24, 2.45) is 0 Å². The molecule has 0 radical (unpaired) electrons. The fourth-order valence-corrected chi connectivity index (χ4v) is 8.78. The van der Waals surface area contributed by atoms with E-state index in [2.05, 4.69) is 180 Å². The van der Waals surface area contributed by atoms with Crippen LogP contribution in [0.4, 0.5) is 0 Å². The average molecular weight is 664 g/mol. The van der Waals surface area contributed by atoms with E-state index in [1.807, 2.05) is 6.07 Å². The maximum Gasteiger partial charge on any atom is 0.135 e. The second kappa shape index (κ2) is 11.4. The van der Waals surface area contributed by atoms with Crippen LogP contribution in [-0.4, -0.2) is 4.57 Å². The number of ether oxygens (including phenoxy) is 1. The summed E-state index contributed by atoms with van der Waals surface area (Å²) >= 11 is 0. The van der Waals surface area contributed by atoms with Crippen LogP contribution in [0.3, 0.4) is 0 Å². The molecule has 11 rings (SSSR count). The topological polar surface area (TPSA) is 14.2 Å². The zero-order valence-electron chi connectivity index (χ0n) is 28.5. The summed E-state index contributed by atoms with van der Waals surface area (Å²) in [6.07, 6.45) is 1.01. The lowest BCUT2D eigenvalue weighted by Crippen LogP contribution is -2.12. The highest BCUT2D eigenvalue weighted by Crippen LogP contribution is 2.48. The molecule has 0 saturated carbocycles. The molecule has 1 atom stereocenters. The number of benzene rings is 8. The molecule has 2 heteroatoms. The van der Waals surface area contributed by atoms with Crippen LogP contribution < -0.4 is 4.74 Å². The summed E-state index contributed by atoms with van der Waals surface area (Å²) in [5, 5.41) is 2.49. The molecule has 2 heterocycles. The summed E-state index contributed by atoms with van der Waals surface area (Å²) in [7, 11) is 0. The molecular formula is C50H33NO. The third kappa shape index (κ3) is 4.44. The number of hydrogen-bond donors (Lipinski definition) is 0. The summed E-state index contributed by atoms with van der Waals surface area (Å²) in [5.41, 5.74) is 17.4. The normalized spacial score (nSPS) is 14.0. The lowest BCUT2D eigenvalue weighted by molar-refractivity contribution is 0.487. The Kier molecular flexibility index (Phi) is 6.41. The molecular weight excluding hydrogens is 631 g/mol. The lowest BCUT2D eigenvalue weighted by atomic mass is 9.75. The van der Waals surface area contributed by atoms with Crippen LogP contribution >= 0.6 is 0 Å². The van der Waals surface area contributed by atoms with Crippen LogP contribution in [0.5, 0.6) is 11.5 Å². The van der Waals surface area contributed by atoms with E-state index < -0.39 is 0 Å². The van der Waals surface area contributed by atoms with E-state index in [1.54, 1.807) is 0 Å². The predicted octanol–water partition coefficient (Wildman–Crippen LogP) is 13.2. The van der Waals surface area contributed by atoms with Crippen LogP contribution in [0.2, 0.25) is 0 Å². The van der Waals surface area contributed by atoms with Crippen molar-refractivity contribution in [3.05, 3.63) is 199 Å². The summed E-state index contributed by atoms with van der Waals surface area (Å²) in [4.78, 5) is 0. The third-order valence-electron chi connectivity index (χ3n) is 11.2. The molecule has 0 fully saturated rings. The zero-order valence-corrected chi connectivity index (χ0v) is 28.5. The Hall–Kier alpha value is -6.64. The van der Waals surface area contributed by atoms with Crippen molar-refractivity contribution in [3.63, 3.8) is 0 Å². The Bertz CT molecular complexity index is 2860. The molecule has 0 N–H and O–H groups in total. The van der Waals surface area contributed by atoms with Gasteiger partial charge in [0.2, 0.25) is 0 Å². The van der Waals surface area contributed by atoms with Crippen molar-refractivity contribution in [2.75, 3.05) is 0 Å². The maximum absolute atomic E-state index is 6.58. The van der Waals surface area contributed by atoms with E-state index in [0.717, 1.165) is 34.7 Å². The van der Waals surface area contributed by atoms with Gasteiger partial charge in [0.05, 0.1) is 11.0 Å². The van der Waals surface area contributed by atoms with E-state index in [1.165, 1.54) is 71.9 Å². The molecule has 1 aliphatic carbocycles. The van der Waals surface area contributed by atoms with Gasteiger partial charge in [-0.1, -0.05) is 133 Å². The SMILES string of the molecule is c1ccc(C2Cc3ccc(-c4ccc5c(c4)c4ccccc4n5-c4ccc5c(c4)-c4ccccc4-c4ccccc4O5)cc3-c3ccccc32)cc1. The van der Waals surface area contributed by atoms with Gasteiger partial charge in [-0.3, -0.25) is 0 Å². The molecule has 9 aromatic rings. The molecule has 8 aromatic carbocycles. The fraction of sp³-hybridized carbons (Fsp3) is 0.0400. The molecule has 0 saturated heterocycles. The Labute approximate surface area is 302 Å². The first-order chi connectivity index (χ1) is 25.8. The first kappa shape index (κ1) is 29.1. The quantitative estimate of drug-likeness (QED) is 0.183. The molecule has 0 spiro atoms. The number of rotatable bonds is 3. The maximum atomic E-state index is 6.58. The van der Waals surface area contributed by atoms with Gasteiger partial charge in [0.15, 0.2) is 0 Å². The molecule has 52 heavy (non-hydrogen) atoms. The van der Waals surface area contributed by atoms with Gasteiger partial charge in [0, 0.05) is 33.5 Å². The van der Waals surface area contributed by atoms with Crippen LogP contribution in [-0.2, 0) is 6.42 Å². The van der Waals surface area contributed by atoms with Gasteiger partial charge in [-0.05, 0) is 105 Å². The van der Waals surface area contributed by atoms with Gasteiger partial charge >= 0.3 is 0 Å². The first-order valence-electron chi connectivity index (χ1n) is 18.1. The number of fused-ring (bicyclic) bond motifs is 11. The number of para-hydroxylation sites is 2. The molecule has 2 aliphatic rings. The number of hydrogen-bond acceptors (Lipinski definition) is 1. The molecule has 1 aliphatic heterocycles. The van der Waals surface area contributed by atoms with Gasteiger partial charge in [0.25, 0.3) is 0 Å². The summed E-state index contributed by atoms with van der Waals surface area (Å²) in [5.74, 6) is 2.11. The van der Waals surface area contributed by atoms with Gasteiger partial charge in [0.1, 0.15) is 11.5 Å². The van der Waals surface area contributed by atoms with Crippen LogP contribution in [0.1, 0.15) is 22.6 Å². The van der Waals surface area contributed by atoms with Crippen molar-refractivity contribution in [2.45, 2.75) is 12.3 Å². The van der Waals surface area contributed by atoms with Crippen molar-refractivity contribution in [1.82, 2.24) is 4.57 Å². The fourth-order valence-electron chi connectivity index (χ4n) is 8.78. The predicted molar refractivity (Wildman–Crippen MR) is 215 cm³/mol. The Balaban J connectivity index is 1.04. The van der Waals surface area contributed by atoms with E-state index in [9.17, 15) is 0 Å². The van der Waals surface area contributed by atoms with Gasteiger partial charge in [-0.25, -0.2) is 0 Å². The Morgan fingerprint density at radius 3 is 1.96 bits per heavy atom. The van der Waals surface area contributed by atoms with Gasteiger partial charge < -0.3 is 9.30 Å². The molecule has 244 valence electrons. The van der Waals surface area contributed by atoms with E-state index in [-0.39, 0.29) is 0 Å². The summed E-state index contributed by atoms with van der Waals surface area (Å²) in [6.45, 7) is 0. The smallest absolute Gasteiger partial charge is 0.135 e. The Morgan fingerprint density at radius 1 is 0.423 bits per heavy atom.